The van der Waals surface area contributed by atoms with E-state index in [-0.39, 0.29) is 0 Å². The van der Waals surface area contributed by atoms with E-state index in [0.717, 1.165) is 84.1 Å². The highest BCUT2D eigenvalue weighted by Gasteiger charge is 2.56. The van der Waals surface area contributed by atoms with Gasteiger partial charge in [-0.2, -0.15) is 0 Å². The van der Waals surface area contributed by atoms with Gasteiger partial charge in [-0.3, -0.25) is 0 Å². The third kappa shape index (κ3) is 9.31. The number of nitrogens with zero attached hydrogens (tertiary/aromatic N) is 3. The lowest BCUT2D eigenvalue weighted by Crippen LogP contribution is -2.26. The highest BCUT2D eigenvalue weighted by Crippen LogP contribution is 2.69. The fraction of sp³-hybridized carbons (Fsp3) is 0.0492. The summed E-state index contributed by atoms with van der Waals surface area (Å²) >= 11 is 0. The van der Waals surface area contributed by atoms with Crippen molar-refractivity contribution < 1.29 is 0 Å². The van der Waals surface area contributed by atoms with Gasteiger partial charge in [0, 0.05) is 78.0 Å². The van der Waals surface area contributed by atoms with Gasteiger partial charge in [-0.05, 0) is 265 Å². The van der Waals surface area contributed by atoms with E-state index in [1.807, 2.05) is 0 Å². The minimum absolute atomic E-state index is 0.499. The van der Waals surface area contributed by atoms with E-state index >= 15 is 0 Å². The van der Waals surface area contributed by atoms with E-state index in [1.54, 1.807) is 0 Å². The molecule has 3 spiro atoms. The summed E-state index contributed by atoms with van der Waals surface area (Å²) in [7, 11) is 0. The maximum absolute atomic E-state index is 4.25. The lowest BCUT2D eigenvalue weighted by molar-refractivity contribution is 0.661. The van der Waals surface area contributed by atoms with Gasteiger partial charge in [0.25, 0.3) is 0 Å². The summed E-state index contributed by atoms with van der Waals surface area (Å²) in [4.78, 5) is 7.70. The van der Waals surface area contributed by atoms with Gasteiger partial charge >= 0.3 is 0 Å². The third-order valence-electron chi connectivity index (χ3n) is 29.4. The van der Waals surface area contributed by atoms with E-state index in [9.17, 15) is 0 Å². The van der Waals surface area contributed by atoms with Crippen LogP contribution >= 0.6 is 0 Å². The summed E-state index contributed by atoms with van der Waals surface area (Å²) in [6.07, 6.45) is 0. The van der Waals surface area contributed by atoms with Crippen LogP contribution in [0.1, 0.15) is 91.7 Å². The first kappa shape index (κ1) is 70.8. The zero-order chi connectivity index (χ0) is 82.9. The van der Waals surface area contributed by atoms with Crippen LogP contribution in [-0.4, -0.2) is 0 Å². The first-order valence-electron chi connectivity index (χ1n) is 44.2. The molecule has 20 aromatic carbocycles. The van der Waals surface area contributed by atoms with Crippen LogP contribution < -0.4 is 20.0 Å². The minimum Gasteiger partial charge on any atom is -0.355 e. The standard InChI is InChI=1S/C122H80N4/c1-119(2)111-71-81(125(78-38-11-5-12-39-78)83-63-67-93-91-49-22-31-58-108(91)122(114(93)73-83)105-55-28-19-46-88(105)89-47-20-29-56-106(89)122)64-68-94(111)97-74-100-98(75-112(97)119)117(123-76-34-7-3-8-35-76)95-69-65-80(124(77-36-9-4-10-37-77)82-62-66-92-90-48-21-30-57-107(90)121(113(92)72-82)103-53-26-17-44-86(103)87-45-18-27-54-104(87)121)70-99(95)118(100)126(79-40-13-6-14-41-79)115-61-33-60-110-116(115)96-50-23-32-59-109(96)120(110)101-51-24-15-42-84(101)85-43-16-25-52-102(85)120/h3-75,123H,1-2H3. The van der Waals surface area contributed by atoms with Crippen molar-refractivity contribution in [2.45, 2.75) is 35.5 Å². The fourth-order valence-corrected chi connectivity index (χ4v) is 24.5. The molecule has 4 heteroatoms. The Morgan fingerprint density at radius 3 is 0.889 bits per heavy atom. The van der Waals surface area contributed by atoms with Gasteiger partial charge in [-0.25, -0.2) is 0 Å². The third-order valence-corrected chi connectivity index (χ3v) is 29.4. The molecule has 0 unspecified atom stereocenters. The second-order valence-corrected chi connectivity index (χ2v) is 35.6. The monoisotopic (exact) mass is 1600 g/mol. The molecule has 0 atom stereocenters. The van der Waals surface area contributed by atoms with Gasteiger partial charge in [0.1, 0.15) is 0 Å². The number of fused-ring (bicyclic) bond motifs is 35. The predicted octanol–water partition coefficient (Wildman–Crippen LogP) is 31.5. The Bertz CT molecular complexity index is 7890. The van der Waals surface area contributed by atoms with Crippen molar-refractivity contribution in [1.82, 2.24) is 0 Å². The fourth-order valence-electron chi connectivity index (χ4n) is 24.5. The van der Waals surface area contributed by atoms with Gasteiger partial charge in [0.15, 0.2) is 0 Å². The number of rotatable bonds is 11. The summed E-state index contributed by atoms with van der Waals surface area (Å²) in [5, 5.41) is 8.64. The maximum Gasteiger partial charge on any atom is 0.0726 e. The lowest BCUT2D eigenvalue weighted by atomic mass is 9.70. The quantitative estimate of drug-likeness (QED) is 0.103. The highest BCUT2D eigenvalue weighted by atomic mass is 15.2. The van der Waals surface area contributed by atoms with E-state index in [2.05, 4.69) is 477 Å². The molecule has 0 fully saturated rings. The van der Waals surface area contributed by atoms with Crippen molar-refractivity contribution in [2.24, 2.45) is 0 Å². The number of hydrogen-bond acceptors (Lipinski definition) is 4. The number of benzene rings is 20. The molecule has 588 valence electrons. The first-order chi connectivity index (χ1) is 62.3. The Morgan fingerprint density at radius 1 is 0.183 bits per heavy atom. The molecule has 0 amide bonds. The van der Waals surface area contributed by atoms with Gasteiger partial charge < -0.3 is 20.0 Å². The summed E-state index contributed by atoms with van der Waals surface area (Å²) in [6, 6.07) is 169. The zero-order valence-electron chi connectivity index (χ0n) is 69.5. The molecule has 7 aliphatic carbocycles. The molecule has 126 heavy (non-hydrogen) atoms. The topological polar surface area (TPSA) is 21.8 Å². The molecular weight excluding hydrogens is 1520 g/mol. The largest absolute Gasteiger partial charge is 0.355 e. The second kappa shape index (κ2) is 26.3. The Labute approximate surface area is 733 Å². The zero-order valence-corrected chi connectivity index (χ0v) is 69.5. The molecule has 0 radical (unpaired) electrons. The van der Waals surface area contributed by atoms with Gasteiger partial charge in [0.05, 0.1) is 33.3 Å². The molecule has 0 aliphatic heterocycles. The molecule has 1 N–H and O–H groups in total. The van der Waals surface area contributed by atoms with E-state index < -0.39 is 21.7 Å². The van der Waals surface area contributed by atoms with Crippen LogP contribution in [0.15, 0.2) is 443 Å². The number of nitrogens with one attached hydrogen (secondary N) is 1. The van der Waals surface area contributed by atoms with Crippen molar-refractivity contribution in [3.8, 4) is 77.9 Å². The molecule has 0 heterocycles. The van der Waals surface area contributed by atoms with Crippen molar-refractivity contribution in [3.05, 3.63) is 521 Å². The van der Waals surface area contributed by atoms with Crippen molar-refractivity contribution in [2.75, 3.05) is 20.0 Å². The smallest absolute Gasteiger partial charge is 0.0726 e. The van der Waals surface area contributed by atoms with Gasteiger partial charge in [0.2, 0.25) is 0 Å². The lowest BCUT2D eigenvalue weighted by Gasteiger charge is -2.34. The molecular formula is C122H80N4. The van der Waals surface area contributed by atoms with Crippen LogP contribution in [-0.2, 0) is 21.7 Å². The summed E-state index contributed by atoms with van der Waals surface area (Å²) in [5.41, 5.74) is 45.3. The normalized spacial score (nSPS) is 14.4. The number of anilines is 11. The molecule has 0 saturated heterocycles. The van der Waals surface area contributed by atoms with Crippen LogP contribution in [0, 0.1) is 0 Å². The molecule has 7 aliphatic rings. The van der Waals surface area contributed by atoms with Crippen molar-refractivity contribution in [1.29, 1.82) is 0 Å². The Hall–Kier alpha value is -15.9. The van der Waals surface area contributed by atoms with Crippen LogP contribution in [0.4, 0.5) is 62.6 Å². The summed E-state index contributed by atoms with van der Waals surface area (Å²) in [6.45, 7) is 4.92. The first-order valence-corrected chi connectivity index (χ1v) is 44.2. The molecule has 0 saturated carbocycles. The number of hydrogen-bond donors (Lipinski definition) is 1. The maximum atomic E-state index is 4.25. The molecule has 20 aromatic rings. The Kier molecular flexibility index (Phi) is 14.8. The Balaban J connectivity index is 0.723. The average molecular weight is 1600 g/mol. The van der Waals surface area contributed by atoms with E-state index in [4.69, 9.17) is 0 Å². The van der Waals surface area contributed by atoms with E-state index in [0.29, 0.717) is 0 Å². The highest BCUT2D eigenvalue weighted by molar-refractivity contribution is 6.25. The van der Waals surface area contributed by atoms with Crippen LogP contribution in [0.3, 0.4) is 0 Å². The molecule has 4 nitrogen and oxygen atoms in total. The molecule has 0 aromatic heterocycles. The minimum atomic E-state index is -0.610. The average Bonchev–Trinajstić information content (AvgIpc) is 1.51. The summed E-state index contributed by atoms with van der Waals surface area (Å²) in [5.74, 6) is 0. The van der Waals surface area contributed by atoms with Crippen LogP contribution in [0.25, 0.3) is 99.4 Å². The van der Waals surface area contributed by atoms with Gasteiger partial charge in [-0.15, -0.1) is 0 Å². The SMILES string of the molecule is CC1(C)c2cc(N(c3ccccc3)c3ccc4c(c3)C3(c5ccccc5-c5ccccc53)c3ccccc3-4)ccc2-c2cc3c(N(c4ccccc4)c4cccc5c4-c4ccccc4C54c5ccccc5-c5ccccc54)c4cc(N(c5ccccc5)c5ccc6c(c5)C5(c7ccccc7-c7ccccc75)c5ccccc5-6)ccc4c(Nc4ccccc4)c3cc21. The van der Waals surface area contributed by atoms with Crippen LogP contribution in [0.2, 0.25) is 0 Å². The van der Waals surface area contributed by atoms with E-state index in [1.165, 1.54) is 156 Å². The Morgan fingerprint density at radius 2 is 0.476 bits per heavy atom. The molecule has 0 bridgehead atoms. The molecule has 27 rings (SSSR count). The predicted molar refractivity (Wildman–Crippen MR) is 522 cm³/mol. The second-order valence-electron chi connectivity index (χ2n) is 35.6. The summed E-state index contributed by atoms with van der Waals surface area (Å²) < 4.78 is 0. The van der Waals surface area contributed by atoms with Crippen molar-refractivity contribution in [3.63, 3.8) is 0 Å². The van der Waals surface area contributed by atoms with Crippen LogP contribution in [0.5, 0.6) is 0 Å². The van der Waals surface area contributed by atoms with Gasteiger partial charge in [-0.1, -0.05) is 341 Å². The number of para-hydroxylation sites is 4. The van der Waals surface area contributed by atoms with Crippen molar-refractivity contribution >= 4 is 84.1 Å².